The van der Waals surface area contributed by atoms with E-state index in [4.69, 9.17) is 5.73 Å². The van der Waals surface area contributed by atoms with E-state index in [0.29, 0.717) is 5.41 Å². The van der Waals surface area contributed by atoms with Crippen LogP contribution in [0, 0.1) is 5.41 Å². The van der Waals surface area contributed by atoms with Crippen molar-refractivity contribution in [3.63, 3.8) is 0 Å². The van der Waals surface area contributed by atoms with Gasteiger partial charge in [0.2, 0.25) is 0 Å². The van der Waals surface area contributed by atoms with Crippen molar-refractivity contribution >= 4 is 21.7 Å². The van der Waals surface area contributed by atoms with Gasteiger partial charge in [-0.2, -0.15) is 0 Å². The molecule has 1 saturated carbocycles. The maximum Gasteiger partial charge on any atom is 0.143 e. The Balaban J connectivity index is 1.89. The maximum absolute atomic E-state index is 5.87. The Morgan fingerprint density at radius 3 is 2.94 bits per heavy atom. The third-order valence-electron chi connectivity index (χ3n) is 3.58. The smallest absolute Gasteiger partial charge is 0.143 e. The average Bonchev–Trinajstić information content (AvgIpc) is 2.65. The molecule has 0 saturated heterocycles. The molecule has 0 spiro atoms. The zero-order chi connectivity index (χ0) is 11.0. The minimum atomic E-state index is 0.341. The second-order valence-corrected chi connectivity index (χ2v) is 5.73. The molecular formula is C12H15N3S. The highest BCUT2D eigenvalue weighted by molar-refractivity contribution is 7.18. The zero-order valence-electron chi connectivity index (χ0n) is 9.15. The van der Waals surface area contributed by atoms with Crippen LogP contribution in [0.4, 0.5) is 0 Å². The first-order chi connectivity index (χ1) is 7.81. The molecule has 0 aliphatic heterocycles. The molecular weight excluding hydrogens is 218 g/mol. The first kappa shape index (κ1) is 10.2. The summed E-state index contributed by atoms with van der Waals surface area (Å²) >= 11 is 1.71. The Morgan fingerprint density at radius 2 is 2.31 bits per heavy atom. The van der Waals surface area contributed by atoms with Gasteiger partial charge in [0.05, 0.1) is 5.01 Å². The second-order valence-electron chi connectivity index (χ2n) is 4.67. The number of aromatic nitrogens is 2. The van der Waals surface area contributed by atoms with Crippen LogP contribution in [0.3, 0.4) is 0 Å². The van der Waals surface area contributed by atoms with E-state index in [9.17, 15) is 0 Å². The number of hydrogen-bond acceptors (Lipinski definition) is 4. The Kier molecular flexibility index (Phi) is 2.41. The van der Waals surface area contributed by atoms with Crippen molar-refractivity contribution in [2.45, 2.75) is 25.7 Å². The first-order valence-corrected chi connectivity index (χ1v) is 6.54. The molecule has 1 fully saturated rings. The van der Waals surface area contributed by atoms with Gasteiger partial charge in [-0.15, -0.1) is 0 Å². The normalized spacial score (nSPS) is 18.6. The Hall–Kier alpha value is -1.00. The van der Waals surface area contributed by atoms with Crippen LogP contribution in [0.2, 0.25) is 0 Å². The fourth-order valence-electron chi connectivity index (χ4n) is 2.34. The highest BCUT2D eigenvalue weighted by Crippen LogP contribution is 2.43. The van der Waals surface area contributed by atoms with E-state index >= 15 is 0 Å². The number of nitrogens with two attached hydrogens (primary N) is 1. The average molecular weight is 233 g/mol. The summed E-state index contributed by atoms with van der Waals surface area (Å²) in [5.41, 5.74) is 7.24. The van der Waals surface area contributed by atoms with Gasteiger partial charge >= 0.3 is 0 Å². The van der Waals surface area contributed by atoms with Gasteiger partial charge < -0.3 is 5.73 Å². The molecule has 84 valence electrons. The van der Waals surface area contributed by atoms with Crippen LogP contribution < -0.4 is 5.73 Å². The lowest BCUT2D eigenvalue weighted by Crippen LogP contribution is -2.39. The van der Waals surface area contributed by atoms with Crippen molar-refractivity contribution in [3.8, 4) is 0 Å². The second kappa shape index (κ2) is 3.79. The molecule has 0 atom stereocenters. The zero-order valence-corrected chi connectivity index (χ0v) is 9.96. The largest absolute Gasteiger partial charge is 0.330 e. The number of nitrogens with zero attached hydrogens (tertiary/aromatic N) is 2. The fourth-order valence-corrected chi connectivity index (χ4v) is 3.42. The molecule has 16 heavy (non-hydrogen) atoms. The van der Waals surface area contributed by atoms with Crippen LogP contribution in [-0.4, -0.2) is 16.5 Å². The summed E-state index contributed by atoms with van der Waals surface area (Å²) in [4.78, 5) is 10.00. The number of hydrogen-bond donors (Lipinski definition) is 1. The van der Waals surface area contributed by atoms with Crippen molar-refractivity contribution < 1.29 is 0 Å². The summed E-state index contributed by atoms with van der Waals surface area (Å²) in [6, 6.07) is 3.96. The van der Waals surface area contributed by atoms with Crippen LogP contribution >= 0.6 is 11.3 Å². The van der Waals surface area contributed by atoms with Gasteiger partial charge in [-0.1, -0.05) is 17.8 Å². The monoisotopic (exact) mass is 233 g/mol. The molecule has 0 bridgehead atoms. The van der Waals surface area contributed by atoms with Crippen LogP contribution in [0.5, 0.6) is 0 Å². The SMILES string of the molecule is NCC1(Cc2nc3cccnc3s2)CCC1. The molecule has 2 aromatic rings. The van der Waals surface area contributed by atoms with E-state index in [1.807, 2.05) is 18.3 Å². The third kappa shape index (κ3) is 1.62. The maximum atomic E-state index is 5.87. The van der Waals surface area contributed by atoms with E-state index < -0.39 is 0 Å². The van der Waals surface area contributed by atoms with Gasteiger partial charge in [0.15, 0.2) is 0 Å². The quantitative estimate of drug-likeness (QED) is 0.885. The molecule has 1 aliphatic rings. The fraction of sp³-hybridized carbons (Fsp3) is 0.500. The predicted molar refractivity (Wildman–Crippen MR) is 66.5 cm³/mol. The van der Waals surface area contributed by atoms with Crippen LogP contribution in [0.25, 0.3) is 10.3 Å². The molecule has 0 aromatic carbocycles. The lowest BCUT2D eigenvalue weighted by Gasteiger charge is -2.40. The van der Waals surface area contributed by atoms with Gasteiger partial charge in [-0.05, 0) is 36.9 Å². The molecule has 1 aliphatic carbocycles. The van der Waals surface area contributed by atoms with Gasteiger partial charge in [0, 0.05) is 12.6 Å². The van der Waals surface area contributed by atoms with E-state index in [2.05, 4.69) is 9.97 Å². The Labute approximate surface area is 98.7 Å². The van der Waals surface area contributed by atoms with Crippen LogP contribution in [0.15, 0.2) is 18.3 Å². The summed E-state index contributed by atoms with van der Waals surface area (Å²) in [5, 5.41) is 1.19. The molecule has 2 aromatic heterocycles. The highest BCUT2D eigenvalue weighted by atomic mass is 32.1. The molecule has 2 N–H and O–H groups in total. The molecule has 2 heterocycles. The van der Waals surface area contributed by atoms with Crippen LogP contribution in [-0.2, 0) is 6.42 Å². The number of pyridine rings is 1. The molecule has 3 nitrogen and oxygen atoms in total. The minimum absolute atomic E-state index is 0.341. The molecule has 4 heteroatoms. The summed E-state index contributed by atoms with van der Waals surface area (Å²) < 4.78 is 0. The molecule has 0 amide bonds. The topological polar surface area (TPSA) is 51.8 Å². The van der Waals surface area contributed by atoms with Crippen molar-refractivity contribution in [1.82, 2.24) is 9.97 Å². The van der Waals surface area contributed by atoms with Gasteiger partial charge in [-0.3, -0.25) is 0 Å². The van der Waals surface area contributed by atoms with E-state index in [-0.39, 0.29) is 0 Å². The van der Waals surface area contributed by atoms with Crippen molar-refractivity contribution in [2.75, 3.05) is 6.54 Å². The predicted octanol–water partition coefficient (Wildman–Crippen LogP) is 2.36. The van der Waals surface area contributed by atoms with Gasteiger partial charge in [-0.25, -0.2) is 9.97 Å². The third-order valence-corrected chi connectivity index (χ3v) is 4.56. The van der Waals surface area contributed by atoms with Crippen molar-refractivity contribution in [1.29, 1.82) is 0 Å². The van der Waals surface area contributed by atoms with Gasteiger partial charge in [0.1, 0.15) is 10.3 Å². The lowest BCUT2D eigenvalue weighted by atomic mass is 9.67. The standard InChI is InChI=1S/C12H15N3S/c13-8-12(4-2-5-12)7-10-15-9-3-1-6-14-11(9)16-10/h1,3,6H,2,4-5,7-8,13H2. The summed E-state index contributed by atoms with van der Waals surface area (Å²) in [5.74, 6) is 0. The Bertz CT molecular complexity index is 463. The first-order valence-electron chi connectivity index (χ1n) is 5.72. The lowest BCUT2D eigenvalue weighted by molar-refractivity contribution is 0.145. The number of thiazole rings is 1. The summed E-state index contributed by atoms with van der Waals surface area (Å²) in [6.07, 6.45) is 6.69. The summed E-state index contributed by atoms with van der Waals surface area (Å²) in [7, 11) is 0. The summed E-state index contributed by atoms with van der Waals surface area (Å²) in [6.45, 7) is 0.788. The van der Waals surface area contributed by atoms with E-state index in [0.717, 1.165) is 23.3 Å². The number of rotatable bonds is 3. The molecule has 3 rings (SSSR count). The van der Waals surface area contributed by atoms with Gasteiger partial charge in [0.25, 0.3) is 0 Å². The van der Waals surface area contributed by atoms with Crippen molar-refractivity contribution in [2.24, 2.45) is 11.1 Å². The molecule has 0 unspecified atom stereocenters. The van der Waals surface area contributed by atoms with Crippen LogP contribution in [0.1, 0.15) is 24.3 Å². The minimum Gasteiger partial charge on any atom is -0.330 e. The van der Waals surface area contributed by atoms with E-state index in [1.54, 1.807) is 11.3 Å². The molecule has 0 radical (unpaired) electrons. The Morgan fingerprint density at radius 1 is 1.44 bits per heavy atom. The van der Waals surface area contributed by atoms with E-state index in [1.165, 1.54) is 24.3 Å². The number of fused-ring (bicyclic) bond motifs is 1. The highest BCUT2D eigenvalue weighted by Gasteiger charge is 2.36. The van der Waals surface area contributed by atoms with Crippen molar-refractivity contribution in [3.05, 3.63) is 23.3 Å².